The van der Waals surface area contributed by atoms with Gasteiger partial charge in [-0.25, -0.2) is 0 Å². The van der Waals surface area contributed by atoms with Crippen LogP contribution in [0.4, 0.5) is 0 Å². The Morgan fingerprint density at radius 3 is 0.581 bits per heavy atom. The third-order valence-corrected chi connectivity index (χ3v) is 23.5. The molecule has 0 aromatic heterocycles. The normalized spacial score (nSPS) is 11.9. The first kappa shape index (κ1) is 125. The quantitative estimate of drug-likeness (QED) is 0.0308. The molecule has 0 aliphatic rings. The van der Waals surface area contributed by atoms with Crippen LogP contribution in [0, 0.1) is 11.8 Å². The SMILES string of the molecule is CCCCCCCCCCCCCC(=O)CC(CCCCNC(=O)CCCCCCCCCCCCC)C(=O)NCCCOCCOCCOCCCNC(=O)CCOCCOCCOCCOCCOCCC(=O)NCCCOCCOCCOCCCNC(=O)[C@H](CCCCNC(=O)CCCCCCCCCCCCC)CC(=O)CCCCCCCCCCCCC. The fourth-order valence-corrected chi connectivity index (χ4v) is 15.4. The van der Waals surface area contributed by atoms with Gasteiger partial charge in [0.15, 0.2) is 0 Å². The summed E-state index contributed by atoms with van der Waals surface area (Å²) in [6.07, 6.45) is 65.0. The van der Waals surface area contributed by atoms with Crippen molar-refractivity contribution in [1.29, 1.82) is 0 Å². The lowest BCUT2D eigenvalue weighted by Gasteiger charge is -2.17. The molecule has 1 unspecified atom stereocenters. The molecule has 0 fully saturated rings. The fourth-order valence-electron chi connectivity index (χ4n) is 15.4. The van der Waals surface area contributed by atoms with E-state index in [0.29, 0.717) is 249 Å². The molecule has 2 atom stereocenters. The summed E-state index contributed by atoms with van der Waals surface area (Å²) in [5.41, 5.74) is 0. The number of ether oxygens (including phenoxy) is 11. The lowest BCUT2D eigenvalue weighted by atomic mass is 9.93. The maximum atomic E-state index is 13.4. The van der Waals surface area contributed by atoms with E-state index >= 15 is 0 Å². The van der Waals surface area contributed by atoms with Gasteiger partial charge in [-0.15, -0.1) is 0 Å². The van der Waals surface area contributed by atoms with Crippen molar-refractivity contribution in [3.05, 3.63) is 0 Å². The molecule has 25 heteroatoms. The van der Waals surface area contributed by atoms with Gasteiger partial charge in [0.05, 0.1) is 119 Å². The summed E-state index contributed by atoms with van der Waals surface area (Å²) in [6.45, 7) is 21.3. The van der Waals surface area contributed by atoms with Crippen LogP contribution in [0.25, 0.3) is 0 Å². The van der Waals surface area contributed by atoms with Gasteiger partial charge in [-0.2, -0.15) is 0 Å². The summed E-state index contributed by atoms with van der Waals surface area (Å²) < 4.78 is 61.9. The largest absolute Gasteiger partial charge is 0.379 e. The summed E-state index contributed by atoms with van der Waals surface area (Å²) in [7, 11) is 0. The van der Waals surface area contributed by atoms with Crippen molar-refractivity contribution < 1.29 is 90.5 Å². The van der Waals surface area contributed by atoms with E-state index in [4.69, 9.17) is 52.1 Å². The van der Waals surface area contributed by atoms with E-state index in [-0.39, 0.29) is 84.5 Å². The number of amides is 6. The van der Waals surface area contributed by atoms with Crippen molar-refractivity contribution in [2.24, 2.45) is 11.8 Å². The van der Waals surface area contributed by atoms with E-state index < -0.39 is 0 Å². The number of ketones is 2. The van der Waals surface area contributed by atoms with E-state index in [0.717, 1.165) is 89.9 Å². The summed E-state index contributed by atoms with van der Waals surface area (Å²) in [5, 5.41) is 18.1. The van der Waals surface area contributed by atoms with Crippen LogP contribution in [0.1, 0.15) is 426 Å². The summed E-state index contributed by atoms with van der Waals surface area (Å²) in [4.78, 5) is 103. The van der Waals surface area contributed by atoms with Crippen molar-refractivity contribution in [3.63, 3.8) is 0 Å². The van der Waals surface area contributed by atoms with Gasteiger partial charge in [-0.05, 0) is 77.0 Å². The van der Waals surface area contributed by atoms with Crippen molar-refractivity contribution in [3.8, 4) is 0 Å². The van der Waals surface area contributed by atoms with Crippen LogP contribution < -0.4 is 31.9 Å². The number of Topliss-reactive ketones (excluding diaryl/α,β-unsaturated/α-hetero) is 2. The third-order valence-electron chi connectivity index (χ3n) is 23.5. The Balaban J connectivity index is 3.96. The minimum Gasteiger partial charge on any atom is -0.379 e. The maximum absolute atomic E-state index is 13.4. The van der Waals surface area contributed by atoms with Crippen LogP contribution in [-0.2, 0) is 90.5 Å². The zero-order chi connectivity index (χ0) is 93.4. The van der Waals surface area contributed by atoms with Crippen molar-refractivity contribution >= 4 is 47.0 Å². The Labute approximate surface area is 787 Å². The van der Waals surface area contributed by atoms with Gasteiger partial charge in [-0.3, -0.25) is 38.4 Å². The standard InChI is InChI=1S/C104H200N6O19/c1-5-9-13-17-21-25-29-33-37-41-45-59-97(111)93-95(57-49-51-65-105-99(113)61-47-43-39-35-31-27-23-19-15-11-7-3)103(117)109-69-55-73-121-79-85-125-83-77-119-71-53-67-107-101(115)63-75-123-81-87-127-89-91-129-92-90-128-88-82-124-76-64-102(116)108-68-54-72-120-78-84-126-86-80-122-74-56-70-110-104(118)96(94-98(112)60-46-42-38-34-30-26-22-18-14-10-6-2)58-50-52-66-106-100(114)62-48-44-40-36-32-28-24-20-16-12-8-4/h95-96H,5-94H2,1-4H3,(H,105,113)(H,106,114)(H,107,115)(H,108,116)(H,109,117)(H,110,118)/t95-,96?/m1/s1. The molecule has 0 aliphatic heterocycles. The predicted molar refractivity (Wildman–Crippen MR) is 523 cm³/mol. The Kier molecular flexibility index (Phi) is 102. The Morgan fingerprint density at radius 1 is 0.171 bits per heavy atom. The van der Waals surface area contributed by atoms with Gasteiger partial charge in [-0.1, -0.05) is 297 Å². The average Bonchev–Trinajstić information content (AvgIpc) is 0.923. The molecule has 0 aromatic rings. The Morgan fingerprint density at radius 2 is 0.349 bits per heavy atom. The van der Waals surface area contributed by atoms with Crippen LogP contribution in [0.15, 0.2) is 0 Å². The van der Waals surface area contributed by atoms with E-state index in [1.54, 1.807) is 0 Å². The molecule has 0 radical (unpaired) electrons. The monoisotopic (exact) mass is 1840 g/mol. The predicted octanol–water partition coefficient (Wildman–Crippen LogP) is 20.5. The fraction of sp³-hybridized carbons (Fsp3) is 0.923. The first-order valence-electron chi connectivity index (χ1n) is 53.5. The number of hydrogen-bond donors (Lipinski definition) is 6. The maximum Gasteiger partial charge on any atom is 0.223 e. The average molecular weight is 1840 g/mol. The van der Waals surface area contributed by atoms with Crippen molar-refractivity contribution in [2.75, 3.05) is 185 Å². The molecule has 0 aliphatic carbocycles. The lowest BCUT2D eigenvalue weighted by Crippen LogP contribution is -2.33. The molecule has 0 spiro atoms. The van der Waals surface area contributed by atoms with Gasteiger partial charge in [0.1, 0.15) is 11.6 Å². The van der Waals surface area contributed by atoms with E-state index in [9.17, 15) is 38.4 Å². The van der Waals surface area contributed by atoms with E-state index in [1.807, 2.05) is 0 Å². The smallest absolute Gasteiger partial charge is 0.223 e. The molecule has 0 saturated heterocycles. The molecule has 0 saturated carbocycles. The first-order valence-corrected chi connectivity index (χ1v) is 53.5. The third kappa shape index (κ3) is 99.5. The number of hydrogen-bond acceptors (Lipinski definition) is 19. The Bertz CT molecular complexity index is 2280. The van der Waals surface area contributed by atoms with E-state index in [2.05, 4.69) is 59.6 Å². The molecule has 0 bridgehead atoms. The minimum absolute atomic E-state index is 0.0743. The highest BCUT2D eigenvalue weighted by Gasteiger charge is 2.24. The van der Waals surface area contributed by atoms with Crippen LogP contribution in [0.3, 0.4) is 0 Å². The van der Waals surface area contributed by atoms with Crippen LogP contribution >= 0.6 is 0 Å². The summed E-state index contributed by atoms with van der Waals surface area (Å²) in [5.74, 6) is -0.508. The molecule has 0 heterocycles. The van der Waals surface area contributed by atoms with Gasteiger partial charge >= 0.3 is 0 Å². The summed E-state index contributed by atoms with van der Waals surface area (Å²) in [6, 6.07) is 0. The molecule has 0 rings (SSSR count). The second-order valence-electron chi connectivity index (χ2n) is 35.6. The molecular formula is C104H200N6O19. The minimum atomic E-state index is -0.369. The second kappa shape index (κ2) is 106. The molecule has 6 amide bonds. The highest BCUT2D eigenvalue weighted by molar-refractivity contribution is 5.87. The number of carbonyl (C=O) groups is 8. The number of carbonyl (C=O) groups excluding carboxylic acids is 8. The molecule has 129 heavy (non-hydrogen) atoms. The van der Waals surface area contributed by atoms with Crippen LogP contribution in [-0.4, -0.2) is 232 Å². The first-order chi connectivity index (χ1) is 63.5. The molecule has 25 nitrogen and oxygen atoms in total. The van der Waals surface area contributed by atoms with Gasteiger partial charge in [0.2, 0.25) is 35.4 Å². The topological polar surface area (TPSA) is 310 Å². The van der Waals surface area contributed by atoms with Crippen molar-refractivity contribution in [2.45, 2.75) is 426 Å². The highest BCUT2D eigenvalue weighted by Crippen LogP contribution is 2.22. The zero-order valence-electron chi connectivity index (χ0n) is 83.6. The highest BCUT2D eigenvalue weighted by atomic mass is 16.6. The molecule has 0 aromatic carbocycles. The summed E-state index contributed by atoms with van der Waals surface area (Å²) >= 11 is 0. The Hall–Kier alpha value is -4.28. The van der Waals surface area contributed by atoms with Gasteiger partial charge in [0.25, 0.3) is 0 Å². The van der Waals surface area contributed by atoms with E-state index in [1.165, 1.54) is 218 Å². The van der Waals surface area contributed by atoms with Crippen LogP contribution in [0.5, 0.6) is 0 Å². The number of nitrogens with one attached hydrogen (secondary N) is 6. The molecule has 760 valence electrons. The van der Waals surface area contributed by atoms with Gasteiger partial charge < -0.3 is 84.0 Å². The molecule has 6 N–H and O–H groups in total. The molecular weight excluding hydrogens is 1640 g/mol. The number of unbranched alkanes of at least 4 members (excludes halogenated alkanes) is 42. The van der Waals surface area contributed by atoms with Crippen molar-refractivity contribution in [1.82, 2.24) is 31.9 Å². The lowest BCUT2D eigenvalue weighted by molar-refractivity contribution is -0.129. The van der Waals surface area contributed by atoms with Gasteiger partial charge in [0, 0.05) is 129 Å². The number of rotatable bonds is 110. The zero-order valence-corrected chi connectivity index (χ0v) is 83.6. The second-order valence-corrected chi connectivity index (χ2v) is 35.6. The van der Waals surface area contributed by atoms with Crippen LogP contribution in [0.2, 0.25) is 0 Å².